The van der Waals surface area contributed by atoms with E-state index >= 15 is 0 Å². The van der Waals surface area contributed by atoms with Crippen LogP contribution in [0.25, 0.3) is 0 Å². The number of hydrazine groups is 1. The molecule has 0 saturated carbocycles. The zero-order valence-corrected chi connectivity index (χ0v) is 10.1. The minimum Gasteiger partial charge on any atom is -0.271 e. The molecule has 2 aromatic rings. The summed E-state index contributed by atoms with van der Waals surface area (Å²) in [6.45, 7) is 0. The Labute approximate surface area is 108 Å². The topological polar surface area (TPSA) is 38.0 Å². The highest BCUT2D eigenvalue weighted by Crippen LogP contribution is 2.29. The van der Waals surface area contributed by atoms with Crippen molar-refractivity contribution >= 4 is 11.6 Å². The van der Waals surface area contributed by atoms with Crippen LogP contribution in [0.4, 0.5) is 8.78 Å². The maximum absolute atomic E-state index is 13.7. The number of hydrogen-bond acceptors (Lipinski definition) is 2. The van der Waals surface area contributed by atoms with Gasteiger partial charge in [0.05, 0.1) is 6.04 Å². The van der Waals surface area contributed by atoms with Crippen molar-refractivity contribution in [1.82, 2.24) is 5.43 Å². The van der Waals surface area contributed by atoms with Crippen LogP contribution in [0.15, 0.2) is 42.5 Å². The standard InChI is InChI=1S/C13H11ClF2N2/c14-11-4-2-1-3-9(11)13(18-17)10-6-5-8(15)7-12(10)16/h1-7,13,18H,17H2. The fraction of sp³-hybridized carbons (Fsp3) is 0.0769. The predicted octanol–water partition coefficient (Wildman–Crippen LogP) is 3.17. The van der Waals surface area contributed by atoms with Gasteiger partial charge in [0.2, 0.25) is 0 Å². The fourth-order valence-corrected chi connectivity index (χ4v) is 2.04. The lowest BCUT2D eigenvalue weighted by Crippen LogP contribution is -2.29. The Bertz CT molecular complexity index is 560. The molecule has 0 saturated heterocycles. The summed E-state index contributed by atoms with van der Waals surface area (Å²) in [4.78, 5) is 0. The zero-order chi connectivity index (χ0) is 13.1. The van der Waals surface area contributed by atoms with Gasteiger partial charge < -0.3 is 0 Å². The van der Waals surface area contributed by atoms with E-state index in [9.17, 15) is 8.78 Å². The quantitative estimate of drug-likeness (QED) is 0.663. The van der Waals surface area contributed by atoms with E-state index < -0.39 is 17.7 Å². The summed E-state index contributed by atoms with van der Waals surface area (Å²) >= 11 is 6.04. The summed E-state index contributed by atoms with van der Waals surface area (Å²) in [5.74, 6) is 4.14. The van der Waals surface area contributed by atoms with Gasteiger partial charge in [0, 0.05) is 16.7 Å². The van der Waals surface area contributed by atoms with Crippen molar-refractivity contribution in [3.8, 4) is 0 Å². The highest BCUT2D eigenvalue weighted by atomic mass is 35.5. The van der Waals surface area contributed by atoms with Crippen LogP contribution in [-0.4, -0.2) is 0 Å². The summed E-state index contributed by atoms with van der Waals surface area (Å²) in [5.41, 5.74) is 3.36. The van der Waals surface area contributed by atoms with Crippen LogP contribution < -0.4 is 11.3 Å². The highest BCUT2D eigenvalue weighted by Gasteiger charge is 2.19. The molecule has 3 N–H and O–H groups in total. The molecule has 0 amide bonds. The van der Waals surface area contributed by atoms with Crippen LogP contribution in [0.2, 0.25) is 5.02 Å². The summed E-state index contributed by atoms with van der Waals surface area (Å²) in [6, 6.07) is 9.67. The number of nitrogens with two attached hydrogens (primary N) is 1. The van der Waals surface area contributed by atoms with Gasteiger partial charge in [0.1, 0.15) is 11.6 Å². The molecule has 0 heterocycles. The molecule has 2 nitrogen and oxygen atoms in total. The molecule has 2 aromatic carbocycles. The first-order valence-corrected chi connectivity index (χ1v) is 5.66. The Morgan fingerprint density at radius 2 is 1.78 bits per heavy atom. The summed E-state index contributed by atoms with van der Waals surface area (Å²) in [7, 11) is 0. The highest BCUT2D eigenvalue weighted by molar-refractivity contribution is 6.31. The van der Waals surface area contributed by atoms with E-state index in [1.54, 1.807) is 24.3 Å². The summed E-state index contributed by atoms with van der Waals surface area (Å²) in [5, 5.41) is 0.462. The van der Waals surface area contributed by atoms with E-state index in [0.717, 1.165) is 6.07 Å². The first kappa shape index (κ1) is 13.0. The van der Waals surface area contributed by atoms with Crippen molar-refractivity contribution in [2.24, 2.45) is 5.84 Å². The van der Waals surface area contributed by atoms with Crippen molar-refractivity contribution in [3.05, 3.63) is 70.2 Å². The van der Waals surface area contributed by atoms with Crippen molar-refractivity contribution in [2.75, 3.05) is 0 Å². The third kappa shape index (κ3) is 2.51. The van der Waals surface area contributed by atoms with Gasteiger partial charge in [-0.15, -0.1) is 0 Å². The SMILES string of the molecule is NNC(c1ccc(F)cc1F)c1ccccc1Cl. The summed E-state index contributed by atoms with van der Waals surface area (Å²) < 4.78 is 26.6. The van der Waals surface area contributed by atoms with Gasteiger partial charge in [-0.05, 0) is 17.7 Å². The molecule has 1 unspecified atom stereocenters. The molecule has 0 bridgehead atoms. The van der Waals surface area contributed by atoms with Crippen LogP contribution in [0.3, 0.4) is 0 Å². The van der Waals surface area contributed by atoms with E-state index in [1.807, 2.05) is 0 Å². The van der Waals surface area contributed by atoms with Crippen molar-refractivity contribution in [2.45, 2.75) is 6.04 Å². The van der Waals surface area contributed by atoms with Gasteiger partial charge in [0.15, 0.2) is 0 Å². The Morgan fingerprint density at radius 1 is 1.06 bits per heavy atom. The van der Waals surface area contributed by atoms with Crippen molar-refractivity contribution < 1.29 is 8.78 Å². The van der Waals surface area contributed by atoms with Gasteiger partial charge in [-0.1, -0.05) is 35.9 Å². The Kier molecular flexibility index (Phi) is 3.91. The third-order valence-corrected chi connectivity index (χ3v) is 3.00. The second kappa shape index (κ2) is 5.44. The van der Waals surface area contributed by atoms with E-state index in [-0.39, 0.29) is 5.56 Å². The number of benzene rings is 2. The minimum atomic E-state index is -0.669. The second-order valence-corrected chi connectivity index (χ2v) is 4.19. The predicted molar refractivity (Wildman–Crippen MR) is 67.0 cm³/mol. The molecular weight excluding hydrogens is 258 g/mol. The molecule has 0 radical (unpaired) electrons. The minimum absolute atomic E-state index is 0.243. The van der Waals surface area contributed by atoms with E-state index in [4.69, 9.17) is 17.4 Å². The maximum Gasteiger partial charge on any atom is 0.131 e. The summed E-state index contributed by atoms with van der Waals surface area (Å²) in [6.07, 6.45) is 0. The molecule has 0 aliphatic rings. The molecule has 94 valence electrons. The molecule has 0 aromatic heterocycles. The number of rotatable bonds is 3. The molecule has 0 fully saturated rings. The van der Waals surface area contributed by atoms with Crippen LogP contribution in [-0.2, 0) is 0 Å². The number of halogens is 3. The lowest BCUT2D eigenvalue weighted by atomic mass is 9.99. The average Bonchev–Trinajstić information content (AvgIpc) is 2.34. The lowest BCUT2D eigenvalue weighted by molar-refractivity contribution is 0.541. The maximum atomic E-state index is 13.7. The van der Waals surface area contributed by atoms with E-state index in [1.165, 1.54) is 12.1 Å². The van der Waals surface area contributed by atoms with Crippen molar-refractivity contribution in [3.63, 3.8) is 0 Å². The molecule has 1 atom stereocenters. The molecule has 0 aliphatic heterocycles. The normalized spacial score (nSPS) is 12.4. The molecule has 2 rings (SSSR count). The van der Waals surface area contributed by atoms with Gasteiger partial charge in [-0.3, -0.25) is 5.84 Å². The van der Waals surface area contributed by atoms with E-state index in [2.05, 4.69) is 5.43 Å². The Morgan fingerprint density at radius 3 is 2.39 bits per heavy atom. The largest absolute Gasteiger partial charge is 0.271 e. The lowest BCUT2D eigenvalue weighted by Gasteiger charge is -2.18. The first-order valence-electron chi connectivity index (χ1n) is 5.29. The number of hydrogen-bond donors (Lipinski definition) is 2. The van der Waals surface area contributed by atoms with Crippen molar-refractivity contribution in [1.29, 1.82) is 0 Å². The molecule has 0 aliphatic carbocycles. The van der Waals surface area contributed by atoms with E-state index in [0.29, 0.717) is 10.6 Å². The second-order valence-electron chi connectivity index (χ2n) is 3.79. The molecule has 5 heteroatoms. The third-order valence-electron chi connectivity index (χ3n) is 2.66. The van der Waals surface area contributed by atoms with Crippen LogP contribution in [0.5, 0.6) is 0 Å². The van der Waals surface area contributed by atoms with Gasteiger partial charge in [-0.2, -0.15) is 0 Å². The smallest absolute Gasteiger partial charge is 0.131 e. The zero-order valence-electron chi connectivity index (χ0n) is 9.33. The fourth-order valence-electron chi connectivity index (χ4n) is 1.79. The average molecular weight is 269 g/mol. The monoisotopic (exact) mass is 268 g/mol. The van der Waals surface area contributed by atoms with Crippen LogP contribution in [0, 0.1) is 11.6 Å². The van der Waals surface area contributed by atoms with Crippen LogP contribution in [0.1, 0.15) is 17.2 Å². The molecule has 18 heavy (non-hydrogen) atoms. The Balaban J connectivity index is 2.49. The number of nitrogens with one attached hydrogen (secondary N) is 1. The molecule has 0 spiro atoms. The first-order chi connectivity index (χ1) is 8.63. The Hall–Kier alpha value is -1.49. The van der Waals surface area contributed by atoms with Gasteiger partial charge >= 0.3 is 0 Å². The van der Waals surface area contributed by atoms with Gasteiger partial charge in [0.25, 0.3) is 0 Å². The van der Waals surface area contributed by atoms with Crippen LogP contribution >= 0.6 is 11.6 Å². The molecular formula is C13H11ClF2N2. The van der Waals surface area contributed by atoms with Gasteiger partial charge in [-0.25, -0.2) is 14.2 Å².